The van der Waals surface area contributed by atoms with Crippen LogP contribution in [0.15, 0.2) is 29.3 Å². The Balaban J connectivity index is 0.00000480. The van der Waals surface area contributed by atoms with Crippen molar-refractivity contribution in [1.82, 2.24) is 20.4 Å². The molecule has 1 fully saturated rings. The number of esters is 1. The number of rotatable bonds is 8. The van der Waals surface area contributed by atoms with Crippen LogP contribution < -0.4 is 10.6 Å². The normalized spacial score (nSPS) is 16.5. The number of carbonyl (C=O) groups is 2. The van der Waals surface area contributed by atoms with Crippen LogP contribution in [0.2, 0.25) is 0 Å². The Morgan fingerprint density at radius 2 is 2.06 bits per heavy atom. The van der Waals surface area contributed by atoms with Crippen LogP contribution in [0.4, 0.5) is 0 Å². The number of aliphatic imine (C=N–C) groups is 1. The molecule has 174 valence electrons. The minimum Gasteiger partial charge on any atom is -0.466 e. The molecule has 1 saturated heterocycles. The molecule has 0 aliphatic carbocycles. The molecule has 1 aliphatic heterocycles. The fraction of sp³-hybridized carbons (Fsp3) is 0.591. The number of nitrogens with one attached hydrogen (secondary N) is 2. The van der Waals surface area contributed by atoms with Gasteiger partial charge < -0.3 is 25.2 Å². The number of guanidine groups is 1. The number of hydrogen-bond acceptors (Lipinski definition) is 5. The van der Waals surface area contributed by atoms with E-state index in [0.29, 0.717) is 31.8 Å². The molecule has 9 heteroatoms. The van der Waals surface area contributed by atoms with E-state index >= 15 is 0 Å². The lowest BCUT2D eigenvalue weighted by Gasteiger charge is -2.34. The molecular weight excluding hydrogens is 509 g/mol. The highest BCUT2D eigenvalue weighted by Gasteiger charge is 2.28. The van der Waals surface area contributed by atoms with E-state index in [4.69, 9.17) is 4.74 Å². The van der Waals surface area contributed by atoms with Crippen LogP contribution in [0.3, 0.4) is 0 Å². The number of benzene rings is 1. The Morgan fingerprint density at radius 1 is 1.29 bits per heavy atom. The summed E-state index contributed by atoms with van der Waals surface area (Å²) >= 11 is 0. The van der Waals surface area contributed by atoms with Gasteiger partial charge in [-0.15, -0.1) is 24.0 Å². The Hall–Kier alpha value is -1.88. The molecule has 1 atom stereocenters. The van der Waals surface area contributed by atoms with Crippen molar-refractivity contribution < 1.29 is 14.3 Å². The van der Waals surface area contributed by atoms with Crippen molar-refractivity contribution in [2.75, 3.05) is 53.9 Å². The molecule has 0 radical (unpaired) electrons. The summed E-state index contributed by atoms with van der Waals surface area (Å²) < 4.78 is 5.18. The van der Waals surface area contributed by atoms with Gasteiger partial charge in [0.1, 0.15) is 0 Å². The molecule has 0 bridgehead atoms. The summed E-state index contributed by atoms with van der Waals surface area (Å²) in [7, 11) is 5.69. The Morgan fingerprint density at radius 3 is 2.74 bits per heavy atom. The van der Waals surface area contributed by atoms with E-state index in [9.17, 15) is 9.59 Å². The Kier molecular flexibility index (Phi) is 12.5. The molecule has 1 aromatic rings. The molecule has 31 heavy (non-hydrogen) atoms. The van der Waals surface area contributed by atoms with E-state index < -0.39 is 0 Å². The van der Waals surface area contributed by atoms with Gasteiger partial charge in [-0.2, -0.15) is 0 Å². The van der Waals surface area contributed by atoms with Crippen LogP contribution in [-0.4, -0.2) is 81.6 Å². The maximum atomic E-state index is 12.3. The maximum absolute atomic E-state index is 12.3. The van der Waals surface area contributed by atoms with Crippen molar-refractivity contribution in [3.8, 4) is 0 Å². The standard InChI is InChI=1S/C22H35N5O3.HI/c1-5-30-21(29)19-10-7-12-27(16-19)22(23-2)25-15-17-8-6-9-18(14-17)20(28)24-11-13-26(3)4;/h6,8-9,14,19H,5,7,10-13,15-16H2,1-4H3,(H,23,25)(H,24,28);1H. The summed E-state index contributed by atoms with van der Waals surface area (Å²) in [4.78, 5) is 32.9. The van der Waals surface area contributed by atoms with Crippen molar-refractivity contribution in [1.29, 1.82) is 0 Å². The summed E-state index contributed by atoms with van der Waals surface area (Å²) in [5.74, 6) is 0.429. The topological polar surface area (TPSA) is 86.3 Å². The Bertz CT molecular complexity index is 742. The second kappa shape index (κ2) is 14.2. The fourth-order valence-electron chi connectivity index (χ4n) is 3.45. The highest BCUT2D eigenvalue weighted by atomic mass is 127. The largest absolute Gasteiger partial charge is 0.466 e. The van der Waals surface area contributed by atoms with Crippen LogP contribution >= 0.6 is 24.0 Å². The third-order valence-electron chi connectivity index (χ3n) is 5.04. The average molecular weight is 545 g/mol. The molecule has 1 heterocycles. The van der Waals surface area contributed by atoms with Crippen LogP contribution in [0.1, 0.15) is 35.7 Å². The zero-order valence-corrected chi connectivity index (χ0v) is 21.3. The predicted octanol–water partition coefficient (Wildman–Crippen LogP) is 1.95. The first-order valence-electron chi connectivity index (χ1n) is 10.6. The van der Waals surface area contributed by atoms with E-state index in [2.05, 4.69) is 20.5 Å². The summed E-state index contributed by atoms with van der Waals surface area (Å²) in [6.45, 7) is 5.64. The van der Waals surface area contributed by atoms with Crippen molar-refractivity contribution in [3.63, 3.8) is 0 Å². The smallest absolute Gasteiger partial charge is 0.310 e. The molecule has 0 spiro atoms. The minimum atomic E-state index is -0.134. The number of halogens is 1. The summed E-state index contributed by atoms with van der Waals surface area (Å²) in [6.07, 6.45) is 1.77. The van der Waals surface area contributed by atoms with Crippen LogP contribution in [0, 0.1) is 5.92 Å². The molecule has 2 N–H and O–H groups in total. The number of amides is 1. The molecule has 1 unspecified atom stereocenters. The summed E-state index contributed by atoms with van der Waals surface area (Å²) in [5, 5.41) is 6.29. The van der Waals surface area contributed by atoms with Crippen LogP contribution in [0.5, 0.6) is 0 Å². The lowest BCUT2D eigenvalue weighted by atomic mass is 9.98. The van der Waals surface area contributed by atoms with Gasteiger partial charge in [-0.1, -0.05) is 12.1 Å². The Labute approximate surface area is 202 Å². The zero-order valence-electron chi connectivity index (χ0n) is 19.0. The number of nitrogens with zero attached hydrogens (tertiary/aromatic N) is 3. The van der Waals surface area contributed by atoms with Crippen LogP contribution in [0.25, 0.3) is 0 Å². The van der Waals surface area contributed by atoms with Gasteiger partial charge in [-0.05, 0) is 51.6 Å². The SMILES string of the molecule is CCOC(=O)C1CCCN(C(=NC)NCc2cccc(C(=O)NCCN(C)C)c2)C1.I. The van der Waals surface area contributed by atoms with Gasteiger partial charge in [-0.3, -0.25) is 14.6 Å². The zero-order chi connectivity index (χ0) is 21.9. The quantitative estimate of drug-likeness (QED) is 0.225. The van der Waals surface area contributed by atoms with Crippen molar-refractivity contribution in [3.05, 3.63) is 35.4 Å². The molecular formula is C22H36IN5O3. The van der Waals surface area contributed by atoms with Crippen molar-refractivity contribution in [2.24, 2.45) is 10.9 Å². The van der Waals surface area contributed by atoms with Crippen LogP contribution in [-0.2, 0) is 16.1 Å². The maximum Gasteiger partial charge on any atom is 0.310 e. The highest BCUT2D eigenvalue weighted by Crippen LogP contribution is 2.18. The van der Waals surface area contributed by atoms with Crippen molar-refractivity contribution >= 4 is 41.8 Å². The average Bonchev–Trinajstić information content (AvgIpc) is 2.74. The fourth-order valence-corrected chi connectivity index (χ4v) is 3.45. The van der Waals surface area contributed by atoms with E-state index in [-0.39, 0.29) is 41.8 Å². The number of piperidine rings is 1. The monoisotopic (exact) mass is 545 g/mol. The summed E-state index contributed by atoms with van der Waals surface area (Å²) in [6, 6.07) is 7.58. The van der Waals surface area contributed by atoms with E-state index in [1.165, 1.54) is 0 Å². The van der Waals surface area contributed by atoms with Gasteiger partial charge in [0.2, 0.25) is 0 Å². The minimum absolute atomic E-state index is 0. The molecule has 2 rings (SSSR count). The molecule has 0 saturated carbocycles. The van der Waals surface area contributed by atoms with Gasteiger partial charge in [0.25, 0.3) is 5.91 Å². The first kappa shape index (κ1) is 27.2. The van der Waals surface area contributed by atoms with Gasteiger partial charge in [0.15, 0.2) is 5.96 Å². The highest BCUT2D eigenvalue weighted by molar-refractivity contribution is 14.0. The van der Waals surface area contributed by atoms with Gasteiger partial charge in [-0.25, -0.2) is 0 Å². The number of likely N-dealkylation sites (tertiary alicyclic amines) is 1. The number of hydrogen-bond donors (Lipinski definition) is 2. The van der Waals surface area contributed by atoms with Gasteiger partial charge in [0.05, 0.1) is 12.5 Å². The number of likely N-dealkylation sites (N-methyl/N-ethyl adjacent to an activating group) is 1. The first-order valence-corrected chi connectivity index (χ1v) is 10.6. The van der Waals surface area contributed by atoms with E-state index in [0.717, 1.165) is 37.5 Å². The molecule has 1 aromatic carbocycles. The first-order chi connectivity index (χ1) is 14.4. The lowest BCUT2D eigenvalue weighted by molar-refractivity contribution is -0.149. The third kappa shape index (κ3) is 9.02. The second-order valence-corrected chi connectivity index (χ2v) is 7.70. The number of carbonyl (C=O) groups excluding carboxylic acids is 2. The number of ether oxygens (including phenoxy) is 1. The van der Waals surface area contributed by atoms with Crippen molar-refractivity contribution in [2.45, 2.75) is 26.3 Å². The molecule has 1 aliphatic rings. The third-order valence-corrected chi connectivity index (χ3v) is 5.04. The summed E-state index contributed by atoms with van der Waals surface area (Å²) in [5.41, 5.74) is 1.64. The second-order valence-electron chi connectivity index (χ2n) is 7.70. The molecule has 1 amide bonds. The molecule has 8 nitrogen and oxygen atoms in total. The van der Waals surface area contributed by atoms with Gasteiger partial charge >= 0.3 is 5.97 Å². The van der Waals surface area contributed by atoms with E-state index in [1.807, 2.05) is 50.2 Å². The van der Waals surface area contributed by atoms with Gasteiger partial charge in [0, 0.05) is 45.3 Å². The lowest BCUT2D eigenvalue weighted by Crippen LogP contribution is -2.48. The molecule has 0 aromatic heterocycles. The predicted molar refractivity (Wildman–Crippen MR) is 134 cm³/mol. The van der Waals surface area contributed by atoms with E-state index in [1.54, 1.807) is 7.05 Å².